The van der Waals surface area contributed by atoms with Crippen molar-refractivity contribution in [1.82, 2.24) is 14.5 Å². The van der Waals surface area contributed by atoms with Crippen LogP contribution < -0.4 is 10.5 Å². The molecule has 3 heterocycles. The van der Waals surface area contributed by atoms with Gasteiger partial charge in [0, 0.05) is 31.4 Å². The topological polar surface area (TPSA) is 74.8 Å². The highest BCUT2D eigenvalue weighted by atomic mass is 19.1. The molecule has 1 saturated heterocycles. The Morgan fingerprint density at radius 3 is 3.05 bits per heavy atom. The Balaban J connectivity index is 2.15. The monoisotopic (exact) mass is 299 g/mol. The van der Waals surface area contributed by atoms with E-state index in [9.17, 15) is 14.4 Å². The van der Waals surface area contributed by atoms with Crippen molar-refractivity contribution in [1.29, 1.82) is 5.26 Å². The Hall–Kier alpha value is -2.75. The Kier molecular flexibility index (Phi) is 3.59. The fourth-order valence-corrected chi connectivity index (χ4v) is 2.65. The molecule has 0 aromatic carbocycles. The summed E-state index contributed by atoms with van der Waals surface area (Å²) in [5.74, 6) is -0.143. The van der Waals surface area contributed by atoms with Gasteiger partial charge in [0.05, 0.1) is 18.0 Å². The molecule has 3 rings (SSSR count). The molecule has 1 aliphatic heterocycles. The van der Waals surface area contributed by atoms with Gasteiger partial charge in [-0.3, -0.25) is 14.3 Å². The molecule has 1 atom stereocenters. The Bertz CT molecular complexity index is 810. The molecule has 2 aromatic heterocycles. The maximum atomic E-state index is 13.9. The first kappa shape index (κ1) is 14.2. The smallest absolute Gasteiger partial charge is 0.255 e. The van der Waals surface area contributed by atoms with Gasteiger partial charge in [0.25, 0.3) is 5.56 Å². The molecule has 112 valence electrons. The van der Waals surface area contributed by atoms with Crippen LogP contribution >= 0.6 is 0 Å². The SMILES string of the molecule is Cn1c(N2CCC[C@@H]2C#N)nc(-c2ccncc2F)cc1=O. The van der Waals surface area contributed by atoms with Gasteiger partial charge >= 0.3 is 0 Å². The van der Waals surface area contributed by atoms with Crippen molar-refractivity contribution in [3.8, 4) is 17.3 Å². The number of nitriles is 1. The van der Waals surface area contributed by atoms with Crippen molar-refractivity contribution in [3.63, 3.8) is 0 Å². The van der Waals surface area contributed by atoms with Crippen LogP contribution in [0.15, 0.2) is 29.3 Å². The molecule has 7 heteroatoms. The average Bonchev–Trinajstić information content (AvgIpc) is 2.99. The first-order chi connectivity index (χ1) is 10.6. The number of hydrogen-bond donors (Lipinski definition) is 0. The second kappa shape index (κ2) is 5.56. The van der Waals surface area contributed by atoms with Crippen LogP contribution in [0.2, 0.25) is 0 Å². The molecule has 0 spiro atoms. The van der Waals surface area contributed by atoms with E-state index in [1.54, 1.807) is 11.9 Å². The zero-order valence-electron chi connectivity index (χ0n) is 12.0. The molecule has 0 aliphatic carbocycles. The second-order valence-corrected chi connectivity index (χ2v) is 5.17. The molecule has 2 aromatic rings. The van der Waals surface area contributed by atoms with Gasteiger partial charge in [-0.05, 0) is 18.9 Å². The van der Waals surface area contributed by atoms with E-state index in [0.29, 0.717) is 12.5 Å². The summed E-state index contributed by atoms with van der Waals surface area (Å²) in [5, 5.41) is 9.21. The maximum Gasteiger partial charge on any atom is 0.255 e. The van der Waals surface area contributed by atoms with Crippen molar-refractivity contribution >= 4 is 5.95 Å². The summed E-state index contributed by atoms with van der Waals surface area (Å²) in [4.78, 5) is 22.1. The van der Waals surface area contributed by atoms with E-state index < -0.39 is 5.82 Å². The minimum atomic E-state index is -0.535. The van der Waals surface area contributed by atoms with E-state index >= 15 is 0 Å². The van der Waals surface area contributed by atoms with Crippen LogP contribution in [0.3, 0.4) is 0 Å². The van der Waals surface area contributed by atoms with Crippen LogP contribution in [0.1, 0.15) is 12.8 Å². The van der Waals surface area contributed by atoms with Crippen LogP contribution in [0, 0.1) is 17.1 Å². The lowest BCUT2D eigenvalue weighted by molar-refractivity contribution is 0.623. The van der Waals surface area contributed by atoms with Gasteiger partial charge in [-0.2, -0.15) is 5.26 Å². The van der Waals surface area contributed by atoms with Gasteiger partial charge < -0.3 is 4.90 Å². The molecule has 0 N–H and O–H groups in total. The summed E-state index contributed by atoms with van der Waals surface area (Å²) in [6, 6.07) is 4.68. The lowest BCUT2D eigenvalue weighted by atomic mass is 10.2. The van der Waals surface area contributed by atoms with Crippen LogP contribution in [-0.2, 0) is 7.05 Å². The lowest BCUT2D eigenvalue weighted by Gasteiger charge is -2.23. The summed E-state index contributed by atoms with van der Waals surface area (Å²) in [6.07, 6.45) is 4.13. The van der Waals surface area contributed by atoms with Crippen LogP contribution in [0.5, 0.6) is 0 Å². The summed E-state index contributed by atoms with van der Waals surface area (Å²) < 4.78 is 15.3. The summed E-state index contributed by atoms with van der Waals surface area (Å²) in [7, 11) is 1.60. The van der Waals surface area contributed by atoms with E-state index in [-0.39, 0.29) is 22.9 Å². The van der Waals surface area contributed by atoms with E-state index in [1.165, 1.54) is 22.9 Å². The van der Waals surface area contributed by atoms with Gasteiger partial charge in [-0.15, -0.1) is 0 Å². The highest BCUT2D eigenvalue weighted by Gasteiger charge is 2.28. The molecular weight excluding hydrogens is 285 g/mol. The largest absolute Gasteiger partial charge is 0.326 e. The van der Waals surface area contributed by atoms with Crippen molar-refractivity contribution < 1.29 is 4.39 Å². The van der Waals surface area contributed by atoms with E-state index in [1.807, 2.05) is 0 Å². The highest BCUT2D eigenvalue weighted by Crippen LogP contribution is 2.25. The molecule has 0 radical (unpaired) electrons. The molecule has 1 fully saturated rings. The number of anilines is 1. The fourth-order valence-electron chi connectivity index (χ4n) is 2.65. The number of aromatic nitrogens is 3. The third kappa shape index (κ3) is 2.33. The maximum absolute atomic E-state index is 13.9. The molecule has 6 nitrogen and oxygen atoms in total. The standard InChI is InChI=1S/C15H14FN5O/c1-20-14(22)7-13(11-4-5-18-9-12(11)16)19-15(20)21-6-2-3-10(21)8-17/h4-5,7,9-10H,2-3,6H2,1H3/t10-/m1/s1. The van der Waals surface area contributed by atoms with Crippen molar-refractivity contribution in [2.24, 2.45) is 7.05 Å². The average molecular weight is 299 g/mol. The Morgan fingerprint density at radius 2 is 2.32 bits per heavy atom. The minimum absolute atomic E-state index is 0.224. The van der Waals surface area contributed by atoms with Gasteiger partial charge in [-0.25, -0.2) is 9.37 Å². The third-order valence-electron chi connectivity index (χ3n) is 3.82. The molecule has 0 amide bonds. The second-order valence-electron chi connectivity index (χ2n) is 5.17. The molecule has 22 heavy (non-hydrogen) atoms. The summed E-state index contributed by atoms with van der Waals surface area (Å²) in [5.41, 5.74) is 0.183. The van der Waals surface area contributed by atoms with E-state index in [0.717, 1.165) is 19.0 Å². The number of nitrogens with zero attached hydrogens (tertiary/aromatic N) is 5. The molecule has 1 aliphatic rings. The number of rotatable bonds is 2. The minimum Gasteiger partial charge on any atom is -0.326 e. The molecule has 0 bridgehead atoms. The van der Waals surface area contributed by atoms with Gasteiger partial charge in [0.15, 0.2) is 5.82 Å². The first-order valence-electron chi connectivity index (χ1n) is 6.96. The number of halogens is 1. The molecule has 0 saturated carbocycles. The molecule has 0 unspecified atom stereocenters. The van der Waals surface area contributed by atoms with Crippen LogP contribution in [0.25, 0.3) is 11.3 Å². The predicted molar refractivity (Wildman–Crippen MR) is 78.6 cm³/mol. The van der Waals surface area contributed by atoms with E-state index in [2.05, 4.69) is 16.0 Å². The van der Waals surface area contributed by atoms with Crippen molar-refractivity contribution in [2.45, 2.75) is 18.9 Å². The van der Waals surface area contributed by atoms with Crippen LogP contribution in [-0.4, -0.2) is 27.1 Å². The van der Waals surface area contributed by atoms with Gasteiger partial charge in [0.2, 0.25) is 5.95 Å². The summed E-state index contributed by atoms with van der Waals surface area (Å²) >= 11 is 0. The fraction of sp³-hybridized carbons (Fsp3) is 0.333. The van der Waals surface area contributed by atoms with E-state index in [4.69, 9.17) is 0 Å². The normalized spacial score (nSPS) is 17.5. The number of hydrogen-bond acceptors (Lipinski definition) is 5. The molecular formula is C15H14FN5O. The lowest BCUT2D eigenvalue weighted by Crippen LogP contribution is -2.34. The number of pyridine rings is 1. The Labute approximate surface area is 126 Å². The van der Waals surface area contributed by atoms with Crippen LogP contribution in [0.4, 0.5) is 10.3 Å². The quantitative estimate of drug-likeness (QED) is 0.839. The predicted octanol–water partition coefficient (Wildman–Crippen LogP) is 1.47. The zero-order chi connectivity index (χ0) is 15.7. The van der Waals surface area contributed by atoms with Crippen molar-refractivity contribution in [2.75, 3.05) is 11.4 Å². The third-order valence-corrected chi connectivity index (χ3v) is 3.82. The first-order valence-corrected chi connectivity index (χ1v) is 6.96. The van der Waals surface area contributed by atoms with Crippen molar-refractivity contribution in [3.05, 3.63) is 40.7 Å². The highest BCUT2D eigenvalue weighted by molar-refractivity contribution is 5.60. The van der Waals surface area contributed by atoms with Gasteiger partial charge in [0.1, 0.15) is 6.04 Å². The summed E-state index contributed by atoms with van der Waals surface area (Å²) in [6.45, 7) is 0.654. The zero-order valence-corrected chi connectivity index (χ0v) is 12.0. The Morgan fingerprint density at radius 1 is 1.50 bits per heavy atom. The van der Waals surface area contributed by atoms with Gasteiger partial charge in [-0.1, -0.05) is 0 Å².